The van der Waals surface area contributed by atoms with Crippen molar-refractivity contribution in [3.8, 4) is 5.75 Å². The molecule has 1 fully saturated rings. The minimum absolute atomic E-state index is 0.110. The van der Waals surface area contributed by atoms with Gasteiger partial charge < -0.3 is 15.4 Å². The standard InChI is InChI=1S/C18H22N4O3/c1-19-18(24)13-6-3-7-15(8-13)25-11-17(23)20-10-14-9-16(22-21-14)12-4-2-5-12/h3,6-9,12H,2,4-5,10-11H2,1H3,(H,19,24)(H,20,23)(H,21,22). The van der Waals surface area contributed by atoms with E-state index in [1.54, 1.807) is 31.3 Å². The minimum Gasteiger partial charge on any atom is -0.484 e. The highest BCUT2D eigenvalue weighted by atomic mass is 16.5. The molecule has 7 heteroatoms. The highest BCUT2D eigenvalue weighted by molar-refractivity contribution is 5.94. The van der Waals surface area contributed by atoms with Crippen molar-refractivity contribution in [2.24, 2.45) is 0 Å². The zero-order valence-electron chi connectivity index (χ0n) is 14.2. The van der Waals surface area contributed by atoms with E-state index in [2.05, 4.69) is 20.8 Å². The van der Waals surface area contributed by atoms with Crippen LogP contribution in [-0.2, 0) is 11.3 Å². The number of benzene rings is 1. The van der Waals surface area contributed by atoms with Crippen molar-refractivity contribution in [2.75, 3.05) is 13.7 Å². The van der Waals surface area contributed by atoms with Crippen molar-refractivity contribution in [1.82, 2.24) is 20.8 Å². The van der Waals surface area contributed by atoms with E-state index in [4.69, 9.17) is 4.74 Å². The fourth-order valence-electron chi connectivity index (χ4n) is 2.65. The zero-order chi connectivity index (χ0) is 17.6. The second kappa shape index (κ2) is 7.83. The normalized spacial score (nSPS) is 13.8. The SMILES string of the molecule is CNC(=O)c1cccc(OCC(=O)NCc2cc(C3CCC3)n[nH]2)c1. The van der Waals surface area contributed by atoms with E-state index in [1.807, 2.05) is 6.07 Å². The maximum absolute atomic E-state index is 11.9. The number of amides is 2. The Kier molecular flexibility index (Phi) is 5.33. The molecule has 0 aliphatic heterocycles. The number of hydrogen-bond donors (Lipinski definition) is 3. The Bertz CT molecular complexity index is 752. The first-order valence-electron chi connectivity index (χ1n) is 8.41. The Morgan fingerprint density at radius 2 is 2.16 bits per heavy atom. The third kappa shape index (κ3) is 4.37. The van der Waals surface area contributed by atoms with Gasteiger partial charge in [0, 0.05) is 18.5 Å². The quantitative estimate of drug-likeness (QED) is 0.714. The highest BCUT2D eigenvalue weighted by Crippen LogP contribution is 2.35. The minimum atomic E-state index is -0.231. The van der Waals surface area contributed by atoms with Crippen LogP contribution in [0.2, 0.25) is 0 Å². The van der Waals surface area contributed by atoms with Gasteiger partial charge in [0.15, 0.2) is 6.61 Å². The van der Waals surface area contributed by atoms with E-state index in [9.17, 15) is 9.59 Å². The van der Waals surface area contributed by atoms with Crippen LogP contribution in [0.15, 0.2) is 30.3 Å². The molecule has 132 valence electrons. The maximum Gasteiger partial charge on any atom is 0.258 e. The molecule has 1 heterocycles. The van der Waals surface area contributed by atoms with Crippen LogP contribution >= 0.6 is 0 Å². The summed E-state index contributed by atoms with van der Waals surface area (Å²) >= 11 is 0. The maximum atomic E-state index is 11.9. The van der Waals surface area contributed by atoms with Gasteiger partial charge in [0.2, 0.25) is 0 Å². The highest BCUT2D eigenvalue weighted by Gasteiger charge is 2.21. The third-order valence-corrected chi connectivity index (χ3v) is 4.34. The Morgan fingerprint density at radius 3 is 2.88 bits per heavy atom. The predicted molar refractivity (Wildman–Crippen MR) is 92.4 cm³/mol. The molecule has 1 aromatic carbocycles. The van der Waals surface area contributed by atoms with E-state index in [-0.39, 0.29) is 18.4 Å². The summed E-state index contributed by atoms with van der Waals surface area (Å²) in [6, 6.07) is 8.72. The van der Waals surface area contributed by atoms with E-state index in [0.29, 0.717) is 23.8 Å². The van der Waals surface area contributed by atoms with Crippen molar-refractivity contribution >= 4 is 11.8 Å². The van der Waals surface area contributed by atoms with Crippen LogP contribution < -0.4 is 15.4 Å². The number of hydrogen-bond acceptors (Lipinski definition) is 4. The van der Waals surface area contributed by atoms with E-state index in [0.717, 1.165) is 11.4 Å². The molecule has 1 aliphatic rings. The van der Waals surface area contributed by atoms with Crippen LogP contribution in [0.3, 0.4) is 0 Å². The topological polar surface area (TPSA) is 96.1 Å². The molecule has 7 nitrogen and oxygen atoms in total. The number of carbonyl (C=O) groups excluding carboxylic acids is 2. The summed E-state index contributed by atoms with van der Waals surface area (Å²) in [5.74, 6) is 0.614. The molecular formula is C18H22N4O3. The summed E-state index contributed by atoms with van der Waals surface area (Å²) in [6.07, 6.45) is 3.65. The number of nitrogens with one attached hydrogen (secondary N) is 3. The molecule has 0 radical (unpaired) electrons. The zero-order valence-corrected chi connectivity index (χ0v) is 14.2. The lowest BCUT2D eigenvalue weighted by Gasteiger charge is -2.22. The molecule has 1 aromatic heterocycles. The molecule has 0 atom stereocenters. The molecule has 3 N–H and O–H groups in total. The van der Waals surface area contributed by atoms with Crippen LogP contribution in [0, 0.1) is 0 Å². The summed E-state index contributed by atoms with van der Waals surface area (Å²) in [6.45, 7) is 0.279. The fraction of sp³-hybridized carbons (Fsp3) is 0.389. The summed E-state index contributed by atoms with van der Waals surface area (Å²) in [5.41, 5.74) is 2.45. The summed E-state index contributed by atoms with van der Waals surface area (Å²) < 4.78 is 5.44. The van der Waals surface area contributed by atoms with Crippen LogP contribution in [0.5, 0.6) is 5.75 Å². The molecule has 1 aliphatic carbocycles. The smallest absolute Gasteiger partial charge is 0.258 e. The first-order chi connectivity index (χ1) is 12.2. The van der Waals surface area contributed by atoms with Gasteiger partial charge in [-0.1, -0.05) is 12.5 Å². The van der Waals surface area contributed by atoms with E-state index in [1.165, 1.54) is 19.3 Å². The van der Waals surface area contributed by atoms with Gasteiger partial charge in [-0.25, -0.2) is 0 Å². The Labute approximate surface area is 146 Å². The molecule has 0 saturated heterocycles. The van der Waals surface area contributed by atoms with Gasteiger partial charge in [-0.3, -0.25) is 14.7 Å². The molecule has 0 bridgehead atoms. The van der Waals surface area contributed by atoms with Gasteiger partial charge in [-0.15, -0.1) is 0 Å². The second-order valence-corrected chi connectivity index (χ2v) is 6.12. The third-order valence-electron chi connectivity index (χ3n) is 4.34. The van der Waals surface area contributed by atoms with Gasteiger partial charge >= 0.3 is 0 Å². The molecule has 25 heavy (non-hydrogen) atoms. The first-order valence-corrected chi connectivity index (χ1v) is 8.41. The summed E-state index contributed by atoms with van der Waals surface area (Å²) in [7, 11) is 1.56. The van der Waals surface area contributed by atoms with Crippen molar-refractivity contribution < 1.29 is 14.3 Å². The number of rotatable bonds is 7. The predicted octanol–water partition coefficient (Wildman–Crippen LogP) is 1.73. The average molecular weight is 342 g/mol. The number of carbonyl (C=O) groups is 2. The van der Waals surface area contributed by atoms with Gasteiger partial charge in [0.25, 0.3) is 11.8 Å². The van der Waals surface area contributed by atoms with Gasteiger partial charge in [-0.2, -0.15) is 5.10 Å². The lowest BCUT2D eigenvalue weighted by Crippen LogP contribution is -2.28. The van der Waals surface area contributed by atoms with Crippen molar-refractivity contribution in [3.63, 3.8) is 0 Å². The number of ether oxygens (including phenoxy) is 1. The number of aromatic amines is 1. The second-order valence-electron chi connectivity index (χ2n) is 6.12. The fourth-order valence-corrected chi connectivity index (χ4v) is 2.65. The number of nitrogens with zero attached hydrogens (tertiary/aromatic N) is 1. The molecule has 1 saturated carbocycles. The monoisotopic (exact) mass is 342 g/mol. The lowest BCUT2D eigenvalue weighted by molar-refractivity contribution is -0.123. The Balaban J connectivity index is 1.45. The molecule has 2 aromatic rings. The summed E-state index contributed by atoms with van der Waals surface area (Å²) in [5, 5.41) is 12.6. The molecule has 3 rings (SSSR count). The van der Waals surface area contributed by atoms with E-state index < -0.39 is 0 Å². The van der Waals surface area contributed by atoms with Crippen LogP contribution in [-0.4, -0.2) is 35.7 Å². The largest absolute Gasteiger partial charge is 0.484 e. The van der Waals surface area contributed by atoms with Crippen LogP contribution in [0.4, 0.5) is 0 Å². The van der Waals surface area contributed by atoms with Gasteiger partial charge in [0.05, 0.1) is 17.9 Å². The number of H-pyrrole nitrogens is 1. The Hall–Kier alpha value is -2.83. The van der Waals surface area contributed by atoms with Gasteiger partial charge in [-0.05, 0) is 37.1 Å². The first kappa shape index (κ1) is 17.0. The average Bonchev–Trinajstić information content (AvgIpc) is 3.04. The molecule has 0 unspecified atom stereocenters. The van der Waals surface area contributed by atoms with Gasteiger partial charge in [0.1, 0.15) is 5.75 Å². The number of aromatic nitrogens is 2. The van der Waals surface area contributed by atoms with Crippen molar-refractivity contribution in [2.45, 2.75) is 31.7 Å². The molecular weight excluding hydrogens is 320 g/mol. The summed E-state index contributed by atoms with van der Waals surface area (Å²) in [4.78, 5) is 23.5. The lowest BCUT2D eigenvalue weighted by atomic mass is 9.83. The molecule has 0 spiro atoms. The molecule has 2 amide bonds. The van der Waals surface area contributed by atoms with E-state index >= 15 is 0 Å². The van der Waals surface area contributed by atoms with Crippen LogP contribution in [0.25, 0.3) is 0 Å². The van der Waals surface area contributed by atoms with Crippen LogP contribution in [0.1, 0.15) is 46.9 Å². The van der Waals surface area contributed by atoms with Crippen molar-refractivity contribution in [3.05, 3.63) is 47.3 Å². The van der Waals surface area contributed by atoms with Crippen molar-refractivity contribution in [1.29, 1.82) is 0 Å². The Morgan fingerprint density at radius 1 is 1.32 bits per heavy atom.